The molecule has 0 amide bonds. The fourth-order valence-electron chi connectivity index (χ4n) is 4.06. The highest BCUT2D eigenvalue weighted by Gasteiger charge is 2.38. The fraction of sp³-hybridized carbons (Fsp3) is 0.579. The SMILES string of the molecule is C=CCN([C@@H]1CCS(=O)(=O)C1)S(=O)(=O)c1ccc(C2CCCCC2)cc1. The van der Waals surface area contributed by atoms with Crippen LogP contribution < -0.4 is 0 Å². The van der Waals surface area contributed by atoms with Crippen molar-refractivity contribution in [3.63, 3.8) is 0 Å². The normalized spacial score (nSPS) is 24.0. The summed E-state index contributed by atoms with van der Waals surface area (Å²) >= 11 is 0. The number of hydrogen-bond donors (Lipinski definition) is 0. The van der Waals surface area contributed by atoms with Crippen molar-refractivity contribution >= 4 is 19.9 Å². The Morgan fingerprint density at radius 3 is 2.27 bits per heavy atom. The second kappa shape index (κ2) is 7.82. The Bertz CT molecular complexity index is 838. The summed E-state index contributed by atoms with van der Waals surface area (Å²) in [6.45, 7) is 3.75. The van der Waals surface area contributed by atoms with E-state index in [4.69, 9.17) is 0 Å². The Morgan fingerprint density at radius 1 is 1.08 bits per heavy atom. The Kier molecular flexibility index (Phi) is 5.89. The van der Waals surface area contributed by atoms with E-state index in [1.807, 2.05) is 12.1 Å². The van der Waals surface area contributed by atoms with E-state index < -0.39 is 25.9 Å². The van der Waals surface area contributed by atoms with Gasteiger partial charge in [-0.1, -0.05) is 37.5 Å². The van der Waals surface area contributed by atoms with Crippen molar-refractivity contribution in [1.82, 2.24) is 4.31 Å². The van der Waals surface area contributed by atoms with Gasteiger partial charge in [0.25, 0.3) is 0 Å². The maximum absolute atomic E-state index is 13.1. The quantitative estimate of drug-likeness (QED) is 0.692. The van der Waals surface area contributed by atoms with E-state index in [-0.39, 0.29) is 22.9 Å². The lowest BCUT2D eigenvalue weighted by molar-refractivity contribution is 0.367. The van der Waals surface area contributed by atoms with Crippen molar-refractivity contribution in [3.8, 4) is 0 Å². The van der Waals surface area contributed by atoms with E-state index >= 15 is 0 Å². The maximum atomic E-state index is 13.1. The molecule has 0 radical (unpaired) electrons. The predicted octanol–water partition coefficient (Wildman–Crippen LogP) is 3.10. The van der Waals surface area contributed by atoms with Gasteiger partial charge in [-0.05, 0) is 42.9 Å². The molecule has 1 saturated heterocycles. The highest BCUT2D eigenvalue weighted by atomic mass is 32.2. The molecule has 1 aliphatic heterocycles. The van der Waals surface area contributed by atoms with Gasteiger partial charge in [-0.25, -0.2) is 16.8 Å². The minimum atomic E-state index is -3.75. The van der Waals surface area contributed by atoms with Gasteiger partial charge >= 0.3 is 0 Å². The van der Waals surface area contributed by atoms with Crippen molar-refractivity contribution in [2.45, 2.75) is 55.4 Å². The number of hydrogen-bond acceptors (Lipinski definition) is 4. The average Bonchev–Trinajstić information content (AvgIpc) is 2.99. The van der Waals surface area contributed by atoms with Gasteiger partial charge in [0, 0.05) is 12.6 Å². The van der Waals surface area contributed by atoms with Gasteiger partial charge in [0.15, 0.2) is 9.84 Å². The summed E-state index contributed by atoms with van der Waals surface area (Å²) in [6.07, 6.45) is 7.92. The van der Waals surface area contributed by atoms with Crippen LogP contribution in [0.3, 0.4) is 0 Å². The summed E-state index contributed by atoms with van der Waals surface area (Å²) in [7, 11) is -6.91. The molecular formula is C19H27NO4S2. The summed E-state index contributed by atoms with van der Waals surface area (Å²) in [5.41, 5.74) is 1.20. The van der Waals surface area contributed by atoms with Gasteiger partial charge < -0.3 is 0 Å². The van der Waals surface area contributed by atoms with Gasteiger partial charge in [-0.15, -0.1) is 6.58 Å². The molecular weight excluding hydrogens is 370 g/mol. The third kappa shape index (κ3) is 4.21. The molecule has 0 bridgehead atoms. The topological polar surface area (TPSA) is 71.5 Å². The van der Waals surface area contributed by atoms with Gasteiger partial charge in [-0.3, -0.25) is 0 Å². The summed E-state index contributed by atoms with van der Waals surface area (Å²) in [5, 5.41) is 0. The third-order valence-electron chi connectivity index (χ3n) is 5.49. The average molecular weight is 398 g/mol. The summed E-state index contributed by atoms with van der Waals surface area (Å²) < 4.78 is 51.0. The number of sulfone groups is 1. The number of sulfonamides is 1. The predicted molar refractivity (Wildman–Crippen MR) is 103 cm³/mol. The summed E-state index contributed by atoms with van der Waals surface area (Å²) in [4.78, 5) is 0.225. The van der Waals surface area contributed by atoms with E-state index in [1.165, 1.54) is 35.2 Å². The number of nitrogens with zero attached hydrogens (tertiary/aromatic N) is 1. The van der Waals surface area contributed by atoms with E-state index in [2.05, 4.69) is 6.58 Å². The van der Waals surface area contributed by atoms with E-state index in [9.17, 15) is 16.8 Å². The van der Waals surface area contributed by atoms with Crippen molar-refractivity contribution in [2.75, 3.05) is 18.1 Å². The Morgan fingerprint density at radius 2 is 1.73 bits per heavy atom. The molecule has 1 atom stereocenters. The van der Waals surface area contributed by atoms with Crippen LogP contribution in [0.1, 0.15) is 50.0 Å². The third-order valence-corrected chi connectivity index (χ3v) is 9.17. The molecule has 0 N–H and O–H groups in total. The van der Waals surface area contributed by atoms with Crippen LogP contribution in [-0.4, -0.2) is 45.2 Å². The first-order valence-electron chi connectivity index (χ1n) is 9.26. The molecule has 1 heterocycles. The van der Waals surface area contributed by atoms with Gasteiger partial charge in [0.05, 0.1) is 16.4 Å². The van der Waals surface area contributed by atoms with Gasteiger partial charge in [0.2, 0.25) is 10.0 Å². The number of rotatable bonds is 6. The molecule has 1 saturated carbocycles. The van der Waals surface area contributed by atoms with Crippen LogP contribution in [-0.2, 0) is 19.9 Å². The molecule has 5 nitrogen and oxygen atoms in total. The molecule has 144 valence electrons. The lowest BCUT2D eigenvalue weighted by atomic mass is 9.84. The van der Waals surface area contributed by atoms with Crippen LogP contribution >= 0.6 is 0 Å². The lowest BCUT2D eigenvalue weighted by Gasteiger charge is -2.26. The maximum Gasteiger partial charge on any atom is 0.243 e. The first-order chi connectivity index (χ1) is 12.3. The minimum absolute atomic E-state index is 0.0431. The standard InChI is InChI=1S/C19H27NO4S2/c1-2-13-20(18-12-14-25(21,22)15-18)26(23,24)19-10-8-17(9-11-19)16-6-4-3-5-7-16/h2,8-11,16,18H,1,3-7,12-15H2/t18-/m1/s1. The Labute approximate surface area is 157 Å². The van der Waals surface area contributed by atoms with Crippen LogP contribution in [0.2, 0.25) is 0 Å². The molecule has 7 heteroatoms. The highest BCUT2D eigenvalue weighted by molar-refractivity contribution is 7.92. The minimum Gasteiger partial charge on any atom is -0.229 e. The first kappa shape index (κ1) is 19.6. The zero-order valence-electron chi connectivity index (χ0n) is 15.0. The largest absolute Gasteiger partial charge is 0.243 e. The van der Waals surface area contributed by atoms with Crippen molar-refractivity contribution in [2.24, 2.45) is 0 Å². The van der Waals surface area contributed by atoms with Crippen molar-refractivity contribution < 1.29 is 16.8 Å². The lowest BCUT2D eigenvalue weighted by Crippen LogP contribution is -2.41. The molecule has 0 spiro atoms. The molecule has 0 aromatic heterocycles. The number of benzene rings is 1. The molecule has 2 aliphatic rings. The summed E-state index contributed by atoms with van der Waals surface area (Å²) in [5.74, 6) is 0.451. The molecule has 1 aliphatic carbocycles. The van der Waals surface area contributed by atoms with Crippen LogP contribution in [0.4, 0.5) is 0 Å². The molecule has 3 rings (SSSR count). The van der Waals surface area contributed by atoms with Crippen LogP contribution in [0, 0.1) is 0 Å². The molecule has 26 heavy (non-hydrogen) atoms. The van der Waals surface area contributed by atoms with Crippen LogP contribution in [0.25, 0.3) is 0 Å². The second-order valence-electron chi connectivity index (χ2n) is 7.32. The zero-order chi connectivity index (χ0) is 18.8. The Balaban J connectivity index is 1.83. The highest BCUT2D eigenvalue weighted by Crippen LogP contribution is 2.33. The monoisotopic (exact) mass is 397 g/mol. The zero-order valence-corrected chi connectivity index (χ0v) is 16.6. The molecule has 2 fully saturated rings. The Hall–Kier alpha value is -1.18. The van der Waals surface area contributed by atoms with Gasteiger partial charge in [0.1, 0.15) is 0 Å². The van der Waals surface area contributed by atoms with E-state index in [0.29, 0.717) is 12.3 Å². The van der Waals surface area contributed by atoms with Gasteiger partial charge in [-0.2, -0.15) is 4.31 Å². The first-order valence-corrected chi connectivity index (χ1v) is 12.5. The summed E-state index contributed by atoms with van der Waals surface area (Å²) in [6, 6.07) is 6.65. The molecule has 1 aromatic carbocycles. The van der Waals surface area contributed by atoms with Crippen LogP contribution in [0.5, 0.6) is 0 Å². The molecule has 1 aromatic rings. The van der Waals surface area contributed by atoms with Crippen molar-refractivity contribution in [3.05, 3.63) is 42.5 Å². The van der Waals surface area contributed by atoms with E-state index in [1.54, 1.807) is 12.1 Å². The molecule has 0 unspecified atom stereocenters. The smallest absolute Gasteiger partial charge is 0.229 e. The fourth-order valence-corrected chi connectivity index (χ4v) is 7.51. The second-order valence-corrected chi connectivity index (χ2v) is 11.4. The van der Waals surface area contributed by atoms with Crippen molar-refractivity contribution in [1.29, 1.82) is 0 Å². The van der Waals surface area contributed by atoms with E-state index in [0.717, 1.165) is 12.8 Å². The van der Waals surface area contributed by atoms with Crippen LogP contribution in [0.15, 0.2) is 41.8 Å².